The maximum absolute atomic E-state index is 14.8. The van der Waals surface area contributed by atoms with Crippen molar-refractivity contribution in [2.24, 2.45) is 0 Å². The second-order valence-electron chi connectivity index (χ2n) is 11.7. The van der Waals surface area contributed by atoms with Crippen molar-refractivity contribution in [2.75, 3.05) is 73.5 Å². The van der Waals surface area contributed by atoms with Crippen molar-refractivity contribution >= 4 is 48.0 Å². The fraction of sp³-hybridized carbons (Fsp3) is 0.704. The van der Waals surface area contributed by atoms with Gasteiger partial charge in [0.05, 0.1) is 26.4 Å². The smallest absolute Gasteiger partial charge is 0.359 e. The molecule has 7 saturated heterocycles. The van der Waals surface area contributed by atoms with Crippen LogP contribution in [0.15, 0.2) is 0 Å². The number of carbonyl (C=O) groups is 8. The Morgan fingerprint density at radius 3 is 0.960 bits per heavy atom. The molecule has 0 radical (unpaired) electrons. The van der Waals surface area contributed by atoms with E-state index in [2.05, 4.69) is 0 Å². The lowest BCUT2D eigenvalue weighted by atomic mass is 9.88. The monoisotopic (exact) mass is 710 g/mol. The average Bonchev–Trinajstić information content (AvgIpc) is 3.60. The Labute approximate surface area is 282 Å². The molecule has 0 bridgehead atoms. The van der Waals surface area contributed by atoms with Crippen molar-refractivity contribution in [3.05, 3.63) is 0 Å². The van der Waals surface area contributed by atoms with Gasteiger partial charge in [-0.25, -0.2) is 38.4 Å². The van der Waals surface area contributed by atoms with Crippen molar-refractivity contribution in [1.29, 1.82) is 0 Å². The zero-order chi connectivity index (χ0) is 36.0. The van der Waals surface area contributed by atoms with Crippen LogP contribution in [0.3, 0.4) is 0 Å². The van der Waals surface area contributed by atoms with E-state index < -0.39 is 118 Å². The van der Waals surface area contributed by atoms with Gasteiger partial charge in [-0.15, -0.1) is 0 Å². The van der Waals surface area contributed by atoms with Gasteiger partial charge in [-0.3, -0.25) is 39.2 Å². The highest BCUT2D eigenvalue weighted by Gasteiger charge is 2.93. The normalized spacial score (nSPS) is 32.4. The predicted octanol–water partition coefficient (Wildman–Crippen LogP) is -2.23. The molecule has 7 rings (SSSR count). The second-order valence-corrected chi connectivity index (χ2v) is 11.7. The molecule has 7 aliphatic rings. The first-order valence-electron chi connectivity index (χ1n) is 15.8. The van der Waals surface area contributed by atoms with Crippen LogP contribution in [0.5, 0.6) is 0 Å². The third-order valence-electron chi connectivity index (χ3n) is 9.80. The lowest BCUT2D eigenvalue weighted by Gasteiger charge is -2.51. The zero-order valence-electron chi connectivity index (χ0n) is 27.5. The molecule has 0 atom stereocenters. The lowest BCUT2D eigenvalue weighted by molar-refractivity contribution is -0.226. The number of ether oxygens (including phenoxy) is 7. The number of carbonyl (C=O) groups excluding carboxylic acids is 8. The summed E-state index contributed by atoms with van der Waals surface area (Å²) in [6.45, 7) is -0.776. The van der Waals surface area contributed by atoms with E-state index >= 15 is 0 Å². The molecule has 0 spiro atoms. The Bertz CT molecular complexity index is 1530. The molecule has 0 aromatic rings. The molecule has 272 valence electrons. The van der Waals surface area contributed by atoms with Crippen LogP contribution in [-0.2, 0) is 52.3 Å². The van der Waals surface area contributed by atoms with Gasteiger partial charge < -0.3 is 33.2 Å². The Kier molecular flexibility index (Phi) is 7.45. The minimum Gasteiger partial charge on any atom is -0.463 e. The van der Waals surface area contributed by atoms with Gasteiger partial charge in [-0.05, 0) is 27.7 Å². The molecule has 7 heterocycles. The van der Waals surface area contributed by atoms with Gasteiger partial charge in [0.25, 0.3) is 22.7 Å². The largest absolute Gasteiger partial charge is 0.463 e. The van der Waals surface area contributed by atoms with Crippen LogP contribution >= 0.6 is 0 Å². The van der Waals surface area contributed by atoms with Crippen LogP contribution in [0.1, 0.15) is 27.7 Å². The van der Waals surface area contributed by atoms with E-state index in [4.69, 9.17) is 33.2 Å². The summed E-state index contributed by atoms with van der Waals surface area (Å²) in [4.78, 5) is 122. The van der Waals surface area contributed by atoms with E-state index in [1.807, 2.05) is 0 Å². The fourth-order valence-corrected chi connectivity index (χ4v) is 8.22. The van der Waals surface area contributed by atoms with Crippen molar-refractivity contribution < 1.29 is 71.5 Å². The Morgan fingerprint density at radius 2 is 0.700 bits per heavy atom. The molecule has 50 heavy (non-hydrogen) atoms. The molecule has 23 nitrogen and oxygen atoms in total. The van der Waals surface area contributed by atoms with Crippen molar-refractivity contribution in [3.63, 3.8) is 0 Å². The first-order chi connectivity index (χ1) is 24.0. The first-order valence-corrected chi connectivity index (χ1v) is 15.8. The predicted molar refractivity (Wildman–Crippen MR) is 151 cm³/mol. The third-order valence-corrected chi connectivity index (χ3v) is 9.80. The van der Waals surface area contributed by atoms with Gasteiger partial charge in [-0.1, -0.05) is 0 Å². The number of nitrogens with zero attached hydrogens (tertiary/aromatic N) is 8. The second kappa shape index (κ2) is 11.2. The van der Waals surface area contributed by atoms with Gasteiger partial charge >= 0.3 is 48.0 Å². The van der Waals surface area contributed by atoms with Crippen LogP contribution in [0.2, 0.25) is 0 Å². The third kappa shape index (κ3) is 3.30. The van der Waals surface area contributed by atoms with Crippen molar-refractivity contribution in [3.8, 4) is 0 Å². The number of amides is 8. The molecule has 0 unspecified atom stereocenters. The number of hydrogen-bond acceptors (Lipinski definition) is 15. The number of urea groups is 4. The summed E-state index contributed by atoms with van der Waals surface area (Å²) in [6, 6.07) is -4.55. The van der Waals surface area contributed by atoms with Gasteiger partial charge in [0.2, 0.25) is 0 Å². The van der Waals surface area contributed by atoms with E-state index in [0.29, 0.717) is 19.6 Å². The molecule has 8 amide bonds. The van der Waals surface area contributed by atoms with Gasteiger partial charge in [-0.2, -0.15) is 0 Å². The first kappa shape index (κ1) is 33.3. The minimum absolute atomic E-state index is 0.252. The van der Waals surface area contributed by atoms with Crippen LogP contribution in [0.25, 0.3) is 0 Å². The molecule has 0 aliphatic carbocycles. The van der Waals surface area contributed by atoms with E-state index in [0.717, 1.165) is 19.6 Å². The highest BCUT2D eigenvalue weighted by atomic mass is 16.7. The van der Waals surface area contributed by atoms with E-state index in [-0.39, 0.29) is 26.4 Å². The van der Waals surface area contributed by atoms with Crippen LogP contribution in [0.4, 0.5) is 19.2 Å². The van der Waals surface area contributed by atoms with E-state index in [1.165, 1.54) is 27.7 Å². The molecule has 7 fully saturated rings. The van der Waals surface area contributed by atoms with Crippen molar-refractivity contribution in [2.45, 2.75) is 50.3 Å². The highest BCUT2D eigenvalue weighted by Crippen LogP contribution is 2.60. The Balaban J connectivity index is 1.58. The summed E-state index contributed by atoms with van der Waals surface area (Å²) in [6.07, 6.45) is 0. The highest BCUT2D eigenvalue weighted by molar-refractivity contribution is 6.12. The molecule has 0 aromatic heterocycles. The van der Waals surface area contributed by atoms with Gasteiger partial charge in [0.15, 0.2) is 6.79 Å². The van der Waals surface area contributed by atoms with Gasteiger partial charge in [0, 0.05) is 0 Å². The average molecular weight is 711 g/mol. The SMILES string of the molecule is CCOC(=O)C12N3COCOCN1C(=O)N1CN4C(=O)N5COCN6C(=O)N(CN(C3=O)C12C(=O)OCC)C4(C(=O)OCC)C65C(=O)OCC. The van der Waals surface area contributed by atoms with Gasteiger partial charge in [0.1, 0.15) is 40.3 Å². The number of hydrogen-bond donors (Lipinski definition) is 0. The lowest BCUT2D eigenvalue weighted by Crippen LogP contribution is -2.82. The molecule has 0 saturated carbocycles. The Hall–Kier alpha value is -5.16. The minimum atomic E-state index is -2.86. The molecule has 0 aromatic carbocycles. The molecule has 23 heteroatoms. The van der Waals surface area contributed by atoms with Crippen LogP contribution < -0.4 is 0 Å². The summed E-state index contributed by atoms with van der Waals surface area (Å²) in [7, 11) is 0. The van der Waals surface area contributed by atoms with Crippen molar-refractivity contribution in [1.82, 2.24) is 39.2 Å². The summed E-state index contributed by atoms with van der Waals surface area (Å²) >= 11 is 0. The Morgan fingerprint density at radius 1 is 0.460 bits per heavy atom. The maximum Gasteiger partial charge on any atom is 0.359 e. The molecular formula is C27H34N8O15. The summed E-state index contributed by atoms with van der Waals surface area (Å²) < 4.78 is 38.3. The molecular weight excluding hydrogens is 676 g/mol. The molecule has 0 N–H and O–H groups in total. The quantitative estimate of drug-likeness (QED) is 0.192. The standard InChI is InChI=1S/C27H34N8O15/c1-5-47-16(36)24-26(18(38)49-7-3)32-11-44-12-33(26)21(41)29(24)10-31-23(43)35-14-46-15-45-13-34-22(42)30(9-28(24)20(32)40)25(31,17(37)48-6-2)27(34,35)19(39)50-8-4/h5-15H2,1-4H3. The van der Waals surface area contributed by atoms with Crippen LogP contribution in [-0.4, -0.2) is 183 Å². The van der Waals surface area contributed by atoms with E-state index in [1.54, 1.807) is 0 Å². The number of esters is 4. The fourth-order valence-electron chi connectivity index (χ4n) is 8.22. The molecule has 7 aliphatic heterocycles. The summed E-state index contributed by atoms with van der Waals surface area (Å²) in [5, 5.41) is 0. The summed E-state index contributed by atoms with van der Waals surface area (Å²) in [5.41, 5.74) is -11.0. The van der Waals surface area contributed by atoms with E-state index in [9.17, 15) is 38.4 Å². The number of rotatable bonds is 8. The topological polar surface area (TPSA) is 227 Å². The van der Waals surface area contributed by atoms with Crippen LogP contribution in [0, 0.1) is 0 Å². The maximum atomic E-state index is 14.8. The summed E-state index contributed by atoms with van der Waals surface area (Å²) in [5.74, 6) is -5.13. The zero-order valence-corrected chi connectivity index (χ0v) is 27.5.